The molecule has 0 radical (unpaired) electrons. The number of aliphatic hydroxyl groups is 1. The topological polar surface area (TPSA) is 84.5 Å². The van der Waals surface area contributed by atoms with Crippen molar-refractivity contribution in [3.63, 3.8) is 0 Å². The first-order valence-electron chi connectivity index (χ1n) is 9.85. The summed E-state index contributed by atoms with van der Waals surface area (Å²) in [5.74, 6) is 1.41. The summed E-state index contributed by atoms with van der Waals surface area (Å²) < 4.78 is 5.54. The summed E-state index contributed by atoms with van der Waals surface area (Å²) in [5, 5.41) is 9.85. The molecule has 4 heterocycles. The van der Waals surface area contributed by atoms with Crippen molar-refractivity contribution in [1.82, 2.24) is 9.97 Å². The normalized spacial score (nSPS) is 19.4. The van der Waals surface area contributed by atoms with Crippen molar-refractivity contribution in [3.05, 3.63) is 35.8 Å². The van der Waals surface area contributed by atoms with Crippen molar-refractivity contribution in [1.29, 1.82) is 0 Å². The van der Waals surface area contributed by atoms with Crippen molar-refractivity contribution >= 4 is 11.5 Å². The third kappa shape index (κ3) is 4.06. The Hall–Kier alpha value is -2.18. The highest BCUT2D eigenvalue weighted by Crippen LogP contribution is 2.34. The smallest absolute Gasteiger partial charge is 0.129 e. The van der Waals surface area contributed by atoms with E-state index in [9.17, 15) is 5.11 Å². The predicted octanol–water partition coefficient (Wildman–Crippen LogP) is 2.89. The monoisotopic (exact) mass is 368 g/mol. The molecule has 0 saturated carbocycles. The molecule has 0 atom stereocenters. The van der Waals surface area contributed by atoms with Gasteiger partial charge in [0.1, 0.15) is 5.82 Å². The van der Waals surface area contributed by atoms with E-state index in [-0.39, 0.29) is 6.10 Å². The van der Waals surface area contributed by atoms with Gasteiger partial charge in [-0.25, -0.2) is 4.98 Å². The number of aromatic nitrogens is 2. The number of aliphatic hydroxyl groups excluding tert-OH is 1. The minimum absolute atomic E-state index is 0.195. The number of nitrogen functional groups attached to an aromatic ring is 1. The number of aryl methyl sites for hydroxylation is 1. The molecule has 3 N–H and O–H groups in total. The Balaban J connectivity index is 1.75. The molecule has 2 fully saturated rings. The number of hydrogen-bond donors (Lipinski definition) is 2. The summed E-state index contributed by atoms with van der Waals surface area (Å²) in [4.78, 5) is 11.7. The lowest BCUT2D eigenvalue weighted by Gasteiger charge is -2.32. The van der Waals surface area contributed by atoms with E-state index in [0.717, 1.165) is 80.3 Å². The zero-order valence-corrected chi connectivity index (χ0v) is 15.9. The molecular weight excluding hydrogens is 340 g/mol. The number of pyridine rings is 2. The van der Waals surface area contributed by atoms with Gasteiger partial charge in [-0.15, -0.1) is 0 Å². The van der Waals surface area contributed by atoms with E-state index in [1.807, 2.05) is 13.0 Å². The van der Waals surface area contributed by atoms with Gasteiger partial charge in [0, 0.05) is 49.2 Å². The van der Waals surface area contributed by atoms with Crippen LogP contribution in [0.4, 0.5) is 11.5 Å². The molecule has 2 aromatic heterocycles. The van der Waals surface area contributed by atoms with Gasteiger partial charge in [0.15, 0.2) is 0 Å². The van der Waals surface area contributed by atoms with Gasteiger partial charge in [-0.05, 0) is 56.4 Å². The minimum Gasteiger partial charge on any atom is -0.397 e. The van der Waals surface area contributed by atoms with Crippen molar-refractivity contribution in [2.45, 2.75) is 44.6 Å². The number of nitrogens with two attached hydrogens (primary N) is 1. The number of anilines is 2. The van der Waals surface area contributed by atoms with Gasteiger partial charge in [-0.1, -0.05) is 0 Å². The van der Waals surface area contributed by atoms with Crippen LogP contribution in [-0.2, 0) is 4.74 Å². The first-order valence-corrected chi connectivity index (χ1v) is 9.85. The number of piperidine rings is 1. The second-order valence-corrected chi connectivity index (χ2v) is 7.65. The highest BCUT2D eigenvalue weighted by Gasteiger charge is 2.23. The lowest BCUT2D eigenvalue weighted by atomic mass is 9.93. The summed E-state index contributed by atoms with van der Waals surface area (Å²) in [7, 11) is 0. The number of hydrogen-bond acceptors (Lipinski definition) is 6. The summed E-state index contributed by atoms with van der Waals surface area (Å²) in [6.07, 6.45) is 5.09. The van der Waals surface area contributed by atoms with Gasteiger partial charge in [-0.3, -0.25) is 4.98 Å². The third-order valence-electron chi connectivity index (χ3n) is 5.68. The van der Waals surface area contributed by atoms with Crippen molar-refractivity contribution in [3.8, 4) is 11.1 Å². The molecule has 2 aliphatic rings. The molecule has 2 saturated heterocycles. The molecule has 0 amide bonds. The van der Waals surface area contributed by atoms with Crippen LogP contribution in [0.25, 0.3) is 11.1 Å². The van der Waals surface area contributed by atoms with Gasteiger partial charge in [0.05, 0.1) is 18.0 Å². The van der Waals surface area contributed by atoms with Gasteiger partial charge in [-0.2, -0.15) is 0 Å². The lowest BCUT2D eigenvalue weighted by molar-refractivity contribution is 0.0845. The number of nitrogens with zero attached hydrogens (tertiary/aromatic N) is 3. The van der Waals surface area contributed by atoms with Crippen LogP contribution in [-0.4, -0.2) is 47.5 Å². The quantitative estimate of drug-likeness (QED) is 0.867. The van der Waals surface area contributed by atoms with Crippen LogP contribution >= 0.6 is 0 Å². The average molecular weight is 368 g/mol. The molecule has 2 aliphatic heterocycles. The first-order chi connectivity index (χ1) is 13.1. The van der Waals surface area contributed by atoms with Crippen molar-refractivity contribution in [2.24, 2.45) is 0 Å². The van der Waals surface area contributed by atoms with Gasteiger partial charge < -0.3 is 20.5 Å². The largest absolute Gasteiger partial charge is 0.397 e. The number of rotatable bonds is 3. The van der Waals surface area contributed by atoms with Crippen LogP contribution in [0.5, 0.6) is 0 Å². The molecule has 0 aromatic carbocycles. The second kappa shape index (κ2) is 7.82. The van der Waals surface area contributed by atoms with E-state index >= 15 is 0 Å². The molecule has 144 valence electrons. The summed E-state index contributed by atoms with van der Waals surface area (Å²) in [5.41, 5.74) is 10.9. The second-order valence-electron chi connectivity index (χ2n) is 7.65. The molecule has 4 rings (SSSR count). The van der Waals surface area contributed by atoms with E-state index in [1.54, 1.807) is 6.20 Å². The third-order valence-corrected chi connectivity index (χ3v) is 5.68. The molecule has 0 spiro atoms. The summed E-state index contributed by atoms with van der Waals surface area (Å²) in [6, 6.07) is 6.33. The van der Waals surface area contributed by atoms with Gasteiger partial charge in [0.2, 0.25) is 0 Å². The van der Waals surface area contributed by atoms with Crippen LogP contribution in [0, 0.1) is 6.92 Å². The summed E-state index contributed by atoms with van der Waals surface area (Å²) >= 11 is 0. The molecule has 0 aliphatic carbocycles. The fourth-order valence-electron chi connectivity index (χ4n) is 3.99. The van der Waals surface area contributed by atoms with Crippen LogP contribution in [0.1, 0.15) is 43.0 Å². The van der Waals surface area contributed by atoms with Gasteiger partial charge >= 0.3 is 0 Å². The van der Waals surface area contributed by atoms with Crippen LogP contribution in [0.3, 0.4) is 0 Å². The Kier molecular flexibility index (Phi) is 5.27. The lowest BCUT2D eigenvalue weighted by Crippen LogP contribution is -2.36. The van der Waals surface area contributed by atoms with Crippen molar-refractivity contribution < 1.29 is 9.84 Å². The Bertz CT molecular complexity index is 797. The zero-order chi connectivity index (χ0) is 18.8. The highest BCUT2D eigenvalue weighted by molar-refractivity contribution is 5.72. The Morgan fingerprint density at radius 3 is 2.59 bits per heavy atom. The van der Waals surface area contributed by atoms with Crippen LogP contribution in [0.2, 0.25) is 0 Å². The molecule has 0 unspecified atom stereocenters. The molecule has 27 heavy (non-hydrogen) atoms. The SMILES string of the molecule is Cc1ncc(N)cc1-c1cc(C2CCOCC2)nc(N2CCC(O)CC2)c1. The molecule has 6 heteroatoms. The molecule has 2 aromatic rings. The van der Waals surface area contributed by atoms with E-state index in [1.165, 1.54) is 0 Å². The Morgan fingerprint density at radius 1 is 1.11 bits per heavy atom. The number of ether oxygens (including phenoxy) is 1. The van der Waals surface area contributed by atoms with Crippen LogP contribution < -0.4 is 10.6 Å². The summed E-state index contributed by atoms with van der Waals surface area (Å²) in [6.45, 7) is 5.26. The van der Waals surface area contributed by atoms with Crippen molar-refractivity contribution in [2.75, 3.05) is 36.9 Å². The standard InChI is InChI=1S/C21H28N4O2/c1-14-19(12-17(22)13-23-14)16-10-20(15-4-8-27-9-5-15)24-21(11-16)25-6-2-18(26)3-7-25/h10-13,15,18,26H,2-9,22H2,1H3. The maximum Gasteiger partial charge on any atom is 0.129 e. The fraction of sp³-hybridized carbons (Fsp3) is 0.524. The maximum absolute atomic E-state index is 9.85. The van der Waals surface area contributed by atoms with E-state index < -0.39 is 0 Å². The van der Waals surface area contributed by atoms with Gasteiger partial charge in [0.25, 0.3) is 0 Å². The van der Waals surface area contributed by atoms with Crippen LogP contribution in [0.15, 0.2) is 24.4 Å². The maximum atomic E-state index is 9.85. The molecular formula is C21H28N4O2. The molecule has 6 nitrogen and oxygen atoms in total. The van der Waals surface area contributed by atoms with E-state index in [0.29, 0.717) is 11.6 Å². The predicted molar refractivity (Wildman–Crippen MR) is 107 cm³/mol. The fourth-order valence-corrected chi connectivity index (χ4v) is 3.99. The highest BCUT2D eigenvalue weighted by atomic mass is 16.5. The zero-order valence-electron chi connectivity index (χ0n) is 15.9. The van der Waals surface area contributed by atoms with E-state index in [2.05, 4.69) is 22.0 Å². The Morgan fingerprint density at radius 2 is 1.85 bits per heavy atom. The average Bonchev–Trinajstić information content (AvgIpc) is 2.70. The first kappa shape index (κ1) is 18.2. The minimum atomic E-state index is -0.195. The van der Waals surface area contributed by atoms with E-state index in [4.69, 9.17) is 15.5 Å². The Labute approximate surface area is 160 Å². The molecule has 0 bridgehead atoms.